The number of carbonyl (C=O) groups excluding carboxylic acids is 2. The summed E-state index contributed by atoms with van der Waals surface area (Å²) in [5, 5.41) is 10.6. The molecule has 2 aromatic rings. The maximum Gasteiger partial charge on any atom is 0.294 e. The molecule has 1 aliphatic heterocycles. The van der Waals surface area contributed by atoms with E-state index in [-0.39, 0.29) is 23.7 Å². The van der Waals surface area contributed by atoms with Gasteiger partial charge in [-0.05, 0) is 30.5 Å². The van der Waals surface area contributed by atoms with Crippen LogP contribution in [0.3, 0.4) is 0 Å². The van der Waals surface area contributed by atoms with Gasteiger partial charge in [0.2, 0.25) is 0 Å². The number of hydrogen-bond donors (Lipinski definition) is 1. The van der Waals surface area contributed by atoms with Gasteiger partial charge in [-0.3, -0.25) is 14.5 Å². The second-order valence-electron chi connectivity index (χ2n) is 7.20. The molecule has 0 saturated carbocycles. The van der Waals surface area contributed by atoms with E-state index in [9.17, 15) is 14.7 Å². The molecule has 0 bridgehead atoms. The van der Waals surface area contributed by atoms with Crippen molar-refractivity contribution in [1.29, 1.82) is 0 Å². The first kappa shape index (κ1) is 19.7. The lowest BCUT2D eigenvalue weighted by Crippen LogP contribution is -2.31. The predicted molar refractivity (Wildman–Crippen MR) is 108 cm³/mol. The minimum Gasteiger partial charge on any atom is -0.503 e. The van der Waals surface area contributed by atoms with Crippen molar-refractivity contribution in [3.63, 3.8) is 0 Å². The highest BCUT2D eigenvalue weighted by Crippen LogP contribution is 2.42. The number of ether oxygens (including phenoxy) is 1. The zero-order chi connectivity index (χ0) is 20.3. The van der Waals surface area contributed by atoms with Crippen molar-refractivity contribution in [2.45, 2.75) is 33.2 Å². The first-order valence-electron chi connectivity index (χ1n) is 9.51. The number of ketones is 1. The summed E-state index contributed by atoms with van der Waals surface area (Å²) >= 11 is 0. The Morgan fingerprint density at radius 2 is 1.86 bits per heavy atom. The molecule has 5 heteroatoms. The van der Waals surface area contributed by atoms with Crippen LogP contribution in [0.2, 0.25) is 0 Å². The SMILES string of the molecule is CCOc1cccc(N2C(=O)C(O)=C(C(=O)CC(C)C)C2c2ccccc2)c1. The normalized spacial score (nSPS) is 16.8. The highest BCUT2D eigenvalue weighted by molar-refractivity contribution is 6.16. The molecule has 0 fully saturated rings. The molecule has 0 aliphatic carbocycles. The number of carbonyl (C=O) groups is 2. The summed E-state index contributed by atoms with van der Waals surface area (Å²) in [6.07, 6.45) is 0.267. The van der Waals surface area contributed by atoms with Crippen LogP contribution in [-0.4, -0.2) is 23.4 Å². The Labute approximate surface area is 165 Å². The summed E-state index contributed by atoms with van der Waals surface area (Å²) in [6.45, 7) is 6.26. The number of amides is 1. The van der Waals surface area contributed by atoms with Crippen molar-refractivity contribution < 1.29 is 19.4 Å². The minimum atomic E-state index is -0.670. The van der Waals surface area contributed by atoms with E-state index >= 15 is 0 Å². The highest BCUT2D eigenvalue weighted by atomic mass is 16.5. The van der Waals surface area contributed by atoms with Crippen molar-refractivity contribution in [2.24, 2.45) is 5.92 Å². The molecule has 146 valence electrons. The third kappa shape index (κ3) is 3.79. The molecule has 5 nitrogen and oxygen atoms in total. The number of nitrogens with zero attached hydrogens (tertiary/aromatic N) is 1. The summed E-state index contributed by atoms with van der Waals surface area (Å²) < 4.78 is 5.56. The molecule has 0 saturated heterocycles. The van der Waals surface area contributed by atoms with E-state index in [1.165, 1.54) is 4.90 Å². The highest BCUT2D eigenvalue weighted by Gasteiger charge is 2.44. The Hall–Kier alpha value is -3.08. The summed E-state index contributed by atoms with van der Waals surface area (Å²) in [4.78, 5) is 27.4. The maximum absolute atomic E-state index is 13.0. The average Bonchev–Trinajstić information content (AvgIpc) is 2.94. The summed E-state index contributed by atoms with van der Waals surface area (Å²) in [7, 11) is 0. The molecule has 1 heterocycles. The fraction of sp³-hybridized carbons (Fsp3) is 0.304. The van der Waals surface area contributed by atoms with Crippen LogP contribution >= 0.6 is 0 Å². The van der Waals surface area contributed by atoms with Crippen molar-refractivity contribution in [3.05, 3.63) is 71.5 Å². The van der Waals surface area contributed by atoms with Crippen LogP contribution in [0.4, 0.5) is 5.69 Å². The molecular formula is C23H25NO4. The molecule has 2 aromatic carbocycles. The van der Waals surface area contributed by atoms with E-state index in [0.29, 0.717) is 18.0 Å². The molecule has 1 aliphatic rings. The second-order valence-corrected chi connectivity index (χ2v) is 7.20. The molecule has 28 heavy (non-hydrogen) atoms. The van der Waals surface area contributed by atoms with E-state index in [1.54, 1.807) is 18.2 Å². The van der Waals surface area contributed by atoms with Crippen molar-refractivity contribution in [1.82, 2.24) is 0 Å². The zero-order valence-electron chi connectivity index (χ0n) is 16.4. The molecule has 0 radical (unpaired) electrons. The van der Waals surface area contributed by atoms with Crippen molar-refractivity contribution in [3.8, 4) is 5.75 Å². The number of aliphatic hydroxyl groups is 1. The molecule has 1 atom stereocenters. The average molecular weight is 379 g/mol. The van der Waals surface area contributed by atoms with Crippen LogP contribution in [0.1, 0.15) is 38.8 Å². The second kappa shape index (κ2) is 8.30. The first-order valence-corrected chi connectivity index (χ1v) is 9.51. The van der Waals surface area contributed by atoms with Crippen molar-refractivity contribution >= 4 is 17.4 Å². The van der Waals surface area contributed by atoms with Gasteiger partial charge in [-0.2, -0.15) is 0 Å². The number of anilines is 1. The van der Waals surface area contributed by atoms with Gasteiger partial charge in [-0.15, -0.1) is 0 Å². The molecule has 1 unspecified atom stereocenters. The maximum atomic E-state index is 13.0. The number of benzene rings is 2. The lowest BCUT2D eigenvalue weighted by molar-refractivity contribution is -0.118. The molecule has 1 N–H and O–H groups in total. The molecule has 0 spiro atoms. The number of aliphatic hydroxyl groups excluding tert-OH is 1. The van der Waals surface area contributed by atoms with Gasteiger partial charge in [0.25, 0.3) is 5.91 Å². The van der Waals surface area contributed by atoms with Crippen LogP contribution in [0.15, 0.2) is 65.9 Å². The van der Waals surface area contributed by atoms with Gasteiger partial charge in [0.15, 0.2) is 11.5 Å². The van der Waals surface area contributed by atoms with E-state index in [1.807, 2.05) is 57.2 Å². The number of Topliss-reactive ketones (excluding diaryl/α,β-unsaturated/α-hetero) is 1. The number of rotatable bonds is 7. The topological polar surface area (TPSA) is 66.8 Å². The van der Waals surface area contributed by atoms with Gasteiger partial charge < -0.3 is 9.84 Å². The van der Waals surface area contributed by atoms with Gasteiger partial charge in [0, 0.05) is 18.2 Å². The van der Waals surface area contributed by atoms with Crippen LogP contribution in [0, 0.1) is 5.92 Å². The van der Waals surface area contributed by atoms with Crippen LogP contribution in [0.5, 0.6) is 5.75 Å². The third-order valence-electron chi connectivity index (χ3n) is 4.62. The fourth-order valence-corrected chi connectivity index (χ4v) is 3.48. The van der Waals surface area contributed by atoms with E-state index in [4.69, 9.17) is 4.74 Å². The predicted octanol–water partition coefficient (Wildman–Crippen LogP) is 4.60. The van der Waals surface area contributed by atoms with Gasteiger partial charge >= 0.3 is 0 Å². The van der Waals surface area contributed by atoms with Gasteiger partial charge in [0.1, 0.15) is 5.75 Å². The first-order chi connectivity index (χ1) is 13.4. The number of hydrogen-bond acceptors (Lipinski definition) is 4. The monoisotopic (exact) mass is 379 g/mol. The summed E-state index contributed by atoms with van der Waals surface area (Å²) in [6, 6.07) is 15.8. The quantitative estimate of drug-likeness (QED) is 0.763. The smallest absolute Gasteiger partial charge is 0.294 e. The van der Waals surface area contributed by atoms with Gasteiger partial charge in [-0.25, -0.2) is 0 Å². The van der Waals surface area contributed by atoms with Crippen LogP contribution in [-0.2, 0) is 9.59 Å². The lowest BCUT2D eigenvalue weighted by Gasteiger charge is -2.27. The largest absolute Gasteiger partial charge is 0.503 e. The van der Waals surface area contributed by atoms with Crippen LogP contribution in [0.25, 0.3) is 0 Å². The Morgan fingerprint density at radius 3 is 2.50 bits per heavy atom. The molecule has 1 amide bonds. The minimum absolute atomic E-state index is 0.120. The Balaban J connectivity index is 2.11. The van der Waals surface area contributed by atoms with E-state index < -0.39 is 17.7 Å². The Bertz CT molecular complexity index is 902. The lowest BCUT2D eigenvalue weighted by atomic mass is 9.92. The fourth-order valence-electron chi connectivity index (χ4n) is 3.48. The van der Waals surface area contributed by atoms with Crippen LogP contribution < -0.4 is 9.64 Å². The van der Waals surface area contributed by atoms with E-state index in [2.05, 4.69) is 0 Å². The summed E-state index contributed by atoms with van der Waals surface area (Å²) in [5.41, 5.74) is 1.50. The summed E-state index contributed by atoms with van der Waals surface area (Å²) in [5.74, 6) is -0.509. The standard InChI is InChI=1S/C23H25NO4/c1-4-28-18-12-8-11-17(14-18)24-21(16-9-6-5-7-10-16)20(22(26)23(24)27)19(25)13-15(2)3/h5-12,14-15,21,26H,4,13H2,1-3H3. The zero-order valence-corrected chi connectivity index (χ0v) is 16.4. The Morgan fingerprint density at radius 1 is 1.14 bits per heavy atom. The van der Waals surface area contributed by atoms with Crippen molar-refractivity contribution in [2.75, 3.05) is 11.5 Å². The Kier molecular flexibility index (Phi) is 5.83. The third-order valence-corrected chi connectivity index (χ3v) is 4.62. The van der Waals surface area contributed by atoms with E-state index in [0.717, 1.165) is 5.56 Å². The molecule has 0 aromatic heterocycles. The van der Waals surface area contributed by atoms with Gasteiger partial charge in [-0.1, -0.05) is 50.2 Å². The molecule has 3 rings (SSSR count). The molecular weight excluding hydrogens is 354 g/mol. The van der Waals surface area contributed by atoms with Gasteiger partial charge in [0.05, 0.1) is 18.2 Å².